The number of aryl methyl sites for hydroxylation is 1. The summed E-state index contributed by atoms with van der Waals surface area (Å²) in [6, 6.07) is 7.43. The summed E-state index contributed by atoms with van der Waals surface area (Å²) in [6.07, 6.45) is 1.65. The lowest BCUT2D eigenvalue weighted by Gasteiger charge is -2.00. The zero-order valence-corrected chi connectivity index (χ0v) is 11.6. The van der Waals surface area contributed by atoms with Crippen LogP contribution in [0.5, 0.6) is 0 Å². The summed E-state index contributed by atoms with van der Waals surface area (Å²) in [7, 11) is 0. The number of hydrogen-bond acceptors (Lipinski definition) is 5. The maximum absolute atomic E-state index is 5.84. The Morgan fingerprint density at radius 1 is 1.21 bits per heavy atom. The molecule has 5 nitrogen and oxygen atoms in total. The molecule has 0 aliphatic rings. The number of benzene rings is 1. The van der Waals surface area contributed by atoms with Gasteiger partial charge in [-0.3, -0.25) is 0 Å². The molecule has 0 aliphatic carbocycles. The largest absolute Gasteiger partial charge is 0.348 e. The molecule has 0 fully saturated rings. The maximum atomic E-state index is 5.84. The standard InChI is InChI=1S/C12H10ClN5S/c1-7-10(15-6-14-7)11-17-18-12(19-11)16-9-4-2-8(13)3-5-9/h2-6H,1H3,(H,14,15)(H,16,18). The van der Waals surface area contributed by atoms with Crippen LogP contribution in [0.3, 0.4) is 0 Å². The number of hydrogen-bond donors (Lipinski definition) is 2. The Kier molecular flexibility index (Phi) is 3.18. The molecule has 7 heteroatoms. The van der Waals surface area contributed by atoms with Gasteiger partial charge in [-0.05, 0) is 31.2 Å². The lowest BCUT2D eigenvalue weighted by Crippen LogP contribution is -1.88. The Labute approximate surface area is 118 Å². The van der Waals surface area contributed by atoms with E-state index < -0.39 is 0 Å². The molecule has 0 radical (unpaired) electrons. The Morgan fingerprint density at radius 3 is 2.68 bits per heavy atom. The van der Waals surface area contributed by atoms with Gasteiger partial charge in [-0.2, -0.15) is 0 Å². The third-order valence-electron chi connectivity index (χ3n) is 2.55. The van der Waals surface area contributed by atoms with Gasteiger partial charge in [0.25, 0.3) is 0 Å². The highest BCUT2D eigenvalue weighted by Crippen LogP contribution is 2.28. The molecular formula is C12H10ClN5S. The van der Waals surface area contributed by atoms with E-state index in [-0.39, 0.29) is 0 Å². The van der Waals surface area contributed by atoms with Crippen LogP contribution < -0.4 is 5.32 Å². The van der Waals surface area contributed by atoms with Gasteiger partial charge in [-0.25, -0.2) is 4.98 Å². The van der Waals surface area contributed by atoms with Crippen LogP contribution in [0.2, 0.25) is 5.02 Å². The fourth-order valence-electron chi connectivity index (χ4n) is 1.60. The molecule has 2 aromatic heterocycles. The van der Waals surface area contributed by atoms with Crippen molar-refractivity contribution in [3.8, 4) is 10.7 Å². The number of imidazole rings is 1. The van der Waals surface area contributed by atoms with Gasteiger partial charge in [0.15, 0.2) is 5.01 Å². The van der Waals surface area contributed by atoms with Crippen LogP contribution in [0.4, 0.5) is 10.8 Å². The highest BCUT2D eigenvalue weighted by atomic mass is 35.5. The summed E-state index contributed by atoms with van der Waals surface area (Å²) >= 11 is 7.29. The summed E-state index contributed by atoms with van der Waals surface area (Å²) in [5, 5.41) is 13.6. The molecule has 0 saturated heterocycles. The number of nitrogens with one attached hydrogen (secondary N) is 2. The molecule has 2 N–H and O–H groups in total. The molecule has 3 rings (SSSR count). The van der Waals surface area contributed by atoms with E-state index in [2.05, 4.69) is 25.5 Å². The molecule has 96 valence electrons. The average molecular weight is 292 g/mol. The molecule has 0 amide bonds. The number of halogens is 1. The first-order chi connectivity index (χ1) is 9.22. The Morgan fingerprint density at radius 2 is 2.00 bits per heavy atom. The fourth-order valence-corrected chi connectivity index (χ4v) is 2.54. The van der Waals surface area contributed by atoms with E-state index in [0.29, 0.717) is 5.02 Å². The molecule has 0 spiro atoms. The second-order valence-corrected chi connectivity index (χ2v) is 5.33. The Bertz CT molecular complexity index is 688. The second-order valence-electron chi connectivity index (χ2n) is 3.92. The van der Waals surface area contributed by atoms with E-state index in [1.54, 1.807) is 6.33 Å². The lowest BCUT2D eigenvalue weighted by atomic mass is 10.3. The molecule has 19 heavy (non-hydrogen) atoms. The van der Waals surface area contributed by atoms with Gasteiger partial charge >= 0.3 is 0 Å². The third kappa shape index (κ3) is 2.59. The first-order valence-electron chi connectivity index (χ1n) is 5.59. The van der Waals surface area contributed by atoms with Crippen molar-refractivity contribution < 1.29 is 0 Å². The number of H-pyrrole nitrogens is 1. The van der Waals surface area contributed by atoms with E-state index in [4.69, 9.17) is 11.6 Å². The van der Waals surface area contributed by atoms with Crippen LogP contribution in [0.25, 0.3) is 10.7 Å². The van der Waals surface area contributed by atoms with Gasteiger partial charge in [0.1, 0.15) is 5.69 Å². The van der Waals surface area contributed by atoms with Crippen molar-refractivity contribution in [1.29, 1.82) is 0 Å². The van der Waals surface area contributed by atoms with Crippen molar-refractivity contribution in [2.75, 3.05) is 5.32 Å². The van der Waals surface area contributed by atoms with Crippen LogP contribution >= 0.6 is 22.9 Å². The first kappa shape index (κ1) is 12.1. The van der Waals surface area contributed by atoms with Crippen molar-refractivity contribution in [1.82, 2.24) is 20.2 Å². The number of rotatable bonds is 3. The van der Waals surface area contributed by atoms with E-state index >= 15 is 0 Å². The lowest BCUT2D eigenvalue weighted by molar-refractivity contribution is 1.09. The third-order valence-corrected chi connectivity index (χ3v) is 3.65. The summed E-state index contributed by atoms with van der Waals surface area (Å²) in [4.78, 5) is 7.25. The number of aromatic amines is 1. The summed E-state index contributed by atoms with van der Waals surface area (Å²) in [5.41, 5.74) is 2.74. The molecule has 0 unspecified atom stereocenters. The van der Waals surface area contributed by atoms with E-state index in [1.807, 2.05) is 31.2 Å². The van der Waals surface area contributed by atoms with Gasteiger partial charge in [-0.15, -0.1) is 10.2 Å². The van der Waals surface area contributed by atoms with Crippen molar-refractivity contribution in [3.05, 3.63) is 41.3 Å². The van der Waals surface area contributed by atoms with E-state index in [0.717, 1.165) is 27.2 Å². The van der Waals surface area contributed by atoms with Crippen LogP contribution in [-0.4, -0.2) is 20.2 Å². The highest BCUT2D eigenvalue weighted by Gasteiger charge is 2.11. The van der Waals surface area contributed by atoms with E-state index in [1.165, 1.54) is 11.3 Å². The summed E-state index contributed by atoms with van der Waals surface area (Å²) < 4.78 is 0. The maximum Gasteiger partial charge on any atom is 0.210 e. The van der Waals surface area contributed by atoms with Crippen molar-refractivity contribution in [2.24, 2.45) is 0 Å². The van der Waals surface area contributed by atoms with E-state index in [9.17, 15) is 0 Å². The predicted octanol–water partition coefficient (Wildman–Crippen LogP) is 3.63. The van der Waals surface area contributed by atoms with Gasteiger partial charge in [0.05, 0.1) is 6.33 Å². The first-order valence-corrected chi connectivity index (χ1v) is 6.78. The minimum atomic E-state index is 0.704. The van der Waals surface area contributed by atoms with Crippen molar-refractivity contribution >= 4 is 33.8 Å². The second kappa shape index (κ2) is 4.99. The zero-order chi connectivity index (χ0) is 13.2. The summed E-state index contributed by atoms with van der Waals surface area (Å²) in [5.74, 6) is 0. The minimum Gasteiger partial charge on any atom is -0.348 e. The quantitative estimate of drug-likeness (QED) is 0.773. The molecule has 2 heterocycles. The molecule has 3 aromatic rings. The van der Waals surface area contributed by atoms with Crippen LogP contribution in [0, 0.1) is 6.92 Å². The monoisotopic (exact) mass is 291 g/mol. The minimum absolute atomic E-state index is 0.704. The Hall–Kier alpha value is -1.92. The molecule has 0 aliphatic heterocycles. The predicted molar refractivity (Wildman–Crippen MR) is 77.0 cm³/mol. The number of aromatic nitrogens is 4. The number of nitrogens with zero attached hydrogens (tertiary/aromatic N) is 3. The normalized spacial score (nSPS) is 10.6. The van der Waals surface area contributed by atoms with Crippen LogP contribution in [0.1, 0.15) is 5.69 Å². The topological polar surface area (TPSA) is 66.5 Å². The molecular weight excluding hydrogens is 282 g/mol. The molecule has 0 bridgehead atoms. The smallest absolute Gasteiger partial charge is 0.210 e. The SMILES string of the molecule is Cc1[nH]cnc1-c1nnc(Nc2ccc(Cl)cc2)s1. The Balaban J connectivity index is 1.82. The highest BCUT2D eigenvalue weighted by molar-refractivity contribution is 7.18. The van der Waals surface area contributed by atoms with Crippen LogP contribution in [0.15, 0.2) is 30.6 Å². The van der Waals surface area contributed by atoms with Crippen molar-refractivity contribution in [2.45, 2.75) is 6.92 Å². The molecule has 0 saturated carbocycles. The fraction of sp³-hybridized carbons (Fsp3) is 0.0833. The molecule has 1 aromatic carbocycles. The van der Waals surface area contributed by atoms with Gasteiger partial charge in [-0.1, -0.05) is 22.9 Å². The van der Waals surface area contributed by atoms with Crippen LogP contribution in [-0.2, 0) is 0 Å². The average Bonchev–Trinajstić information content (AvgIpc) is 3.01. The summed E-state index contributed by atoms with van der Waals surface area (Å²) in [6.45, 7) is 1.95. The number of anilines is 2. The molecule has 0 atom stereocenters. The van der Waals surface area contributed by atoms with Crippen molar-refractivity contribution in [3.63, 3.8) is 0 Å². The zero-order valence-electron chi connectivity index (χ0n) is 10.0. The van der Waals surface area contributed by atoms with Gasteiger partial charge < -0.3 is 10.3 Å². The van der Waals surface area contributed by atoms with Gasteiger partial charge in [0, 0.05) is 16.4 Å². The van der Waals surface area contributed by atoms with Gasteiger partial charge in [0.2, 0.25) is 5.13 Å².